The zero-order chi connectivity index (χ0) is 19.8. The predicted molar refractivity (Wildman–Crippen MR) is 112 cm³/mol. The van der Waals surface area contributed by atoms with Gasteiger partial charge in [-0.3, -0.25) is 14.8 Å². The predicted octanol–water partition coefficient (Wildman–Crippen LogP) is 3.13. The number of benzene rings is 1. The van der Waals surface area contributed by atoms with Gasteiger partial charge in [-0.05, 0) is 63.2 Å². The molecule has 150 valence electrons. The summed E-state index contributed by atoms with van der Waals surface area (Å²) in [6.45, 7) is 9.26. The van der Waals surface area contributed by atoms with E-state index >= 15 is 0 Å². The molecule has 1 aromatic heterocycles. The van der Waals surface area contributed by atoms with Crippen LogP contribution in [0, 0.1) is 12.8 Å². The molecule has 0 radical (unpaired) electrons. The Hall–Kier alpha value is -2.27. The number of likely N-dealkylation sites (N-methyl/N-ethyl adjacent to an activating group) is 1. The fourth-order valence-electron chi connectivity index (χ4n) is 3.97. The van der Waals surface area contributed by atoms with Crippen molar-refractivity contribution in [2.45, 2.75) is 39.5 Å². The maximum atomic E-state index is 12.6. The van der Waals surface area contributed by atoms with Crippen LogP contribution in [0.25, 0.3) is 0 Å². The van der Waals surface area contributed by atoms with E-state index in [4.69, 9.17) is 0 Å². The third-order valence-corrected chi connectivity index (χ3v) is 5.83. The first-order valence-corrected chi connectivity index (χ1v) is 10.4. The van der Waals surface area contributed by atoms with Gasteiger partial charge in [0.05, 0.1) is 12.1 Å². The summed E-state index contributed by atoms with van der Waals surface area (Å²) in [7, 11) is 0. The van der Waals surface area contributed by atoms with Gasteiger partial charge >= 0.3 is 0 Å². The Morgan fingerprint density at radius 1 is 1.21 bits per heavy atom. The van der Waals surface area contributed by atoms with Crippen LogP contribution in [0.15, 0.2) is 42.9 Å². The lowest BCUT2D eigenvalue weighted by molar-refractivity contribution is -0.131. The van der Waals surface area contributed by atoms with Gasteiger partial charge in [-0.15, -0.1) is 0 Å². The van der Waals surface area contributed by atoms with Crippen molar-refractivity contribution in [1.29, 1.82) is 0 Å². The van der Waals surface area contributed by atoms with Crippen molar-refractivity contribution in [3.63, 3.8) is 0 Å². The Labute approximate surface area is 168 Å². The number of hydrogen-bond donors (Lipinski definition) is 0. The molecule has 1 aliphatic rings. The Bertz CT molecular complexity index is 741. The van der Waals surface area contributed by atoms with Gasteiger partial charge in [0.15, 0.2) is 0 Å². The maximum absolute atomic E-state index is 12.6. The van der Waals surface area contributed by atoms with Gasteiger partial charge in [0.2, 0.25) is 5.91 Å². The summed E-state index contributed by atoms with van der Waals surface area (Å²) in [5.74, 6) is 0.755. The topological polar surface area (TPSA) is 49.3 Å². The smallest absolute Gasteiger partial charge is 0.228 e. The van der Waals surface area contributed by atoms with E-state index in [2.05, 4.69) is 53.0 Å². The molecule has 0 aliphatic carbocycles. The van der Waals surface area contributed by atoms with Gasteiger partial charge in [-0.1, -0.05) is 24.3 Å². The molecular weight excluding hydrogens is 348 g/mol. The van der Waals surface area contributed by atoms with Crippen LogP contribution in [-0.2, 0) is 17.6 Å². The van der Waals surface area contributed by atoms with Crippen LogP contribution < -0.4 is 0 Å². The van der Waals surface area contributed by atoms with Crippen molar-refractivity contribution in [3.05, 3.63) is 59.7 Å². The Balaban J connectivity index is 1.42. The standard InChI is InChI=1S/C23H32N4O/c1-3-27(23(28)16-22-17-24-11-12-25-22)18-20-8-13-26(14-9-20)15-10-21-7-5-4-6-19(21)2/h4-7,11-12,17,20H,3,8-10,13-16,18H2,1-2H3. The third-order valence-electron chi connectivity index (χ3n) is 5.83. The summed E-state index contributed by atoms with van der Waals surface area (Å²) in [5.41, 5.74) is 3.59. The molecule has 1 saturated heterocycles. The lowest BCUT2D eigenvalue weighted by Crippen LogP contribution is -2.41. The number of nitrogens with zero attached hydrogens (tertiary/aromatic N) is 4. The van der Waals surface area contributed by atoms with E-state index in [1.807, 2.05) is 4.90 Å². The second-order valence-corrected chi connectivity index (χ2v) is 7.77. The zero-order valence-electron chi connectivity index (χ0n) is 17.2. The number of hydrogen-bond acceptors (Lipinski definition) is 4. The van der Waals surface area contributed by atoms with Crippen molar-refractivity contribution in [2.24, 2.45) is 5.92 Å². The number of aryl methyl sites for hydroxylation is 1. The minimum atomic E-state index is 0.157. The highest BCUT2D eigenvalue weighted by Crippen LogP contribution is 2.19. The van der Waals surface area contributed by atoms with Crippen molar-refractivity contribution < 1.29 is 4.79 Å². The van der Waals surface area contributed by atoms with Gasteiger partial charge in [0.1, 0.15) is 0 Å². The quantitative estimate of drug-likeness (QED) is 0.706. The molecule has 0 bridgehead atoms. The van der Waals surface area contributed by atoms with Crippen molar-refractivity contribution in [2.75, 3.05) is 32.7 Å². The highest BCUT2D eigenvalue weighted by Gasteiger charge is 2.23. The normalized spacial score (nSPS) is 15.5. The highest BCUT2D eigenvalue weighted by atomic mass is 16.2. The SMILES string of the molecule is CCN(CC1CCN(CCc2ccccc2C)CC1)C(=O)Cc1cnccn1. The van der Waals surface area contributed by atoms with Gasteiger partial charge in [-0.2, -0.15) is 0 Å². The number of amides is 1. The number of carbonyl (C=O) groups is 1. The molecule has 1 amide bonds. The van der Waals surface area contributed by atoms with Crippen LogP contribution in [0.1, 0.15) is 36.6 Å². The first-order chi connectivity index (χ1) is 13.7. The molecule has 0 atom stereocenters. The number of carbonyl (C=O) groups excluding carboxylic acids is 1. The maximum Gasteiger partial charge on any atom is 0.228 e. The number of aromatic nitrogens is 2. The van der Waals surface area contributed by atoms with Crippen molar-refractivity contribution in [1.82, 2.24) is 19.8 Å². The second-order valence-electron chi connectivity index (χ2n) is 7.77. The van der Waals surface area contributed by atoms with E-state index in [9.17, 15) is 4.79 Å². The van der Waals surface area contributed by atoms with Crippen LogP contribution in [0.2, 0.25) is 0 Å². The van der Waals surface area contributed by atoms with Gasteiger partial charge in [0, 0.05) is 38.2 Å². The van der Waals surface area contributed by atoms with Crippen LogP contribution >= 0.6 is 0 Å². The fourth-order valence-corrected chi connectivity index (χ4v) is 3.97. The van der Waals surface area contributed by atoms with E-state index in [1.54, 1.807) is 18.6 Å². The fraction of sp³-hybridized carbons (Fsp3) is 0.522. The van der Waals surface area contributed by atoms with Crippen LogP contribution in [0.5, 0.6) is 0 Å². The Morgan fingerprint density at radius 3 is 2.68 bits per heavy atom. The van der Waals surface area contributed by atoms with Crippen LogP contribution in [0.3, 0.4) is 0 Å². The van der Waals surface area contributed by atoms with E-state index in [1.165, 1.54) is 24.0 Å². The molecule has 1 aromatic carbocycles. The van der Waals surface area contributed by atoms with Crippen molar-refractivity contribution >= 4 is 5.91 Å². The molecule has 0 saturated carbocycles. The first-order valence-electron chi connectivity index (χ1n) is 10.4. The molecule has 1 fully saturated rings. The zero-order valence-corrected chi connectivity index (χ0v) is 17.2. The summed E-state index contributed by atoms with van der Waals surface area (Å²) in [4.78, 5) is 25.5. The number of rotatable bonds is 8. The summed E-state index contributed by atoms with van der Waals surface area (Å²) in [5, 5.41) is 0. The van der Waals surface area contributed by atoms with Gasteiger partial charge < -0.3 is 9.80 Å². The molecule has 1 aliphatic heterocycles. The molecule has 5 heteroatoms. The van der Waals surface area contributed by atoms with E-state index in [0.29, 0.717) is 12.3 Å². The molecule has 0 unspecified atom stereocenters. The monoisotopic (exact) mass is 380 g/mol. The highest BCUT2D eigenvalue weighted by molar-refractivity contribution is 5.78. The molecule has 2 heterocycles. The van der Waals surface area contributed by atoms with Gasteiger partial charge in [0.25, 0.3) is 0 Å². The summed E-state index contributed by atoms with van der Waals surface area (Å²) in [6, 6.07) is 8.67. The summed E-state index contributed by atoms with van der Waals surface area (Å²) < 4.78 is 0. The van der Waals surface area contributed by atoms with Crippen LogP contribution in [-0.4, -0.2) is 58.4 Å². The van der Waals surface area contributed by atoms with E-state index in [-0.39, 0.29) is 5.91 Å². The molecule has 28 heavy (non-hydrogen) atoms. The summed E-state index contributed by atoms with van der Waals surface area (Å²) in [6.07, 6.45) is 8.76. The Morgan fingerprint density at radius 2 is 2.00 bits per heavy atom. The minimum absolute atomic E-state index is 0.157. The largest absolute Gasteiger partial charge is 0.342 e. The van der Waals surface area contributed by atoms with Crippen LogP contribution in [0.4, 0.5) is 0 Å². The lowest BCUT2D eigenvalue weighted by atomic mass is 9.95. The molecule has 2 aromatic rings. The second kappa shape index (κ2) is 10.3. The average molecular weight is 381 g/mol. The average Bonchev–Trinajstić information content (AvgIpc) is 2.73. The number of likely N-dealkylation sites (tertiary alicyclic amines) is 1. The van der Waals surface area contributed by atoms with E-state index < -0.39 is 0 Å². The van der Waals surface area contributed by atoms with E-state index in [0.717, 1.165) is 44.8 Å². The first kappa shape index (κ1) is 20.5. The molecule has 0 spiro atoms. The molecule has 5 nitrogen and oxygen atoms in total. The molecule has 0 N–H and O–H groups in total. The Kier molecular flexibility index (Phi) is 7.54. The number of piperidine rings is 1. The summed E-state index contributed by atoms with van der Waals surface area (Å²) >= 11 is 0. The third kappa shape index (κ3) is 5.86. The minimum Gasteiger partial charge on any atom is -0.342 e. The molecule has 3 rings (SSSR count). The lowest BCUT2D eigenvalue weighted by Gasteiger charge is -2.34. The molecular formula is C23H32N4O. The van der Waals surface area contributed by atoms with Crippen molar-refractivity contribution in [3.8, 4) is 0 Å². The van der Waals surface area contributed by atoms with Gasteiger partial charge in [-0.25, -0.2) is 0 Å².